The molecule has 6 heteroatoms. The molecule has 1 aromatic heterocycles. The van der Waals surface area contributed by atoms with Crippen molar-refractivity contribution in [2.45, 2.75) is 20.0 Å². The van der Waals surface area contributed by atoms with Crippen molar-refractivity contribution in [3.8, 4) is 0 Å². The van der Waals surface area contributed by atoms with Crippen LogP contribution in [-0.2, 0) is 4.74 Å². The molecule has 2 heterocycles. The normalized spacial score (nSPS) is 18.5. The Morgan fingerprint density at radius 3 is 2.77 bits per heavy atom. The Bertz CT molecular complexity index is 693. The van der Waals surface area contributed by atoms with Gasteiger partial charge in [0, 0.05) is 24.3 Å². The topological polar surface area (TPSA) is 38.2 Å². The zero-order valence-electron chi connectivity index (χ0n) is 12.5. The Labute approximate surface area is 140 Å². The van der Waals surface area contributed by atoms with Crippen LogP contribution in [0.15, 0.2) is 24.5 Å². The fourth-order valence-electron chi connectivity index (χ4n) is 2.60. The van der Waals surface area contributed by atoms with Crippen LogP contribution in [0.25, 0.3) is 0 Å². The monoisotopic (exact) mass is 337 g/mol. The minimum Gasteiger partial charge on any atom is -0.370 e. The average Bonchev–Trinajstić information content (AvgIpc) is 2.53. The lowest BCUT2D eigenvalue weighted by atomic mass is 10.1. The van der Waals surface area contributed by atoms with Crippen LogP contribution in [0.2, 0.25) is 10.0 Å². The first-order valence-corrected chi connectivity index (χ1v) is 7.91. The molecule has 3 rings (SSSR count). The number of halogens is 2. The predicted molar refractivity (Wildman–Crippen MR) is 88.9 cm³/mol. The summed E-state index contributed by atoms with van der Waals surface area (Å²) in [6, 6.07) is 5.64. The maximum Gasteiger partial charge on any atom is 0.135 e. The molecule has 22 heavy (non-hydrogen) atoms. The maximum atomic E-state index is 6.11. The number of nitrogens with zero attached hydrogens (tertiary/aromatic N) is 3. The third-order valence-corrected chi connectivity index (χ3v) is 4.73. The molecule has 116 valence electrons. The Kier molecular flexibility index (Phi) is 4.52. The summed E-state index contributed by atoms with van der Waals surface area (Å²) in [5.41, 5.74) is 3.14. The highest BCUT2D eigenvalue weighted by atomic mass is 35.5. The molecule has 0 spiro atoms. The molecule has 0 amide bonds. The van der Waals surface area contributed by atoms with E-state index in [2.05, 4.69) is 14.9 Å². The number of hydrogen-bond acceptors (Lipinski definition) is 4. The van der Waals surface area contributed by atoms with E-state index in [0.717, 1.165) is 35.7 Å². The van der Waals surface area contributed by atoms with E-state index in [9.17, 15) is 0 Å². The van der Waals surface area contributed by atoms with Gasteiger partial charge < -0.3 is 9.64 Å². The van der Waals surface area contributed by atoms with Gasteiger partial charge in [0.05, 0.1) is 16.7 Å². The molecule has 0 aliphatic carbocycles. The highest BCUT2D eigenvalue weighted by molar-refractivity contribution is 6.42. The van der Waals surface area contributed by atoms with Gasteiger partial charge in [-0.25, -0.2) is 9.97 Å². The van der Waals surface area contributed by atoms with Crippen molar-refractivity contribution < 1.29 is 4.74 Å². The van der Waals surface area contributed by atoms with Crippen LogP contribution in [0.5, 0.6) is 0 Å². The Balaban J connectivity index is 1.85. The SMILES string of the molecule is Cc1ncnc(N2CCOC(c3ccc(Cl)c(Cl)c3)C2)c1C. The largest absolute Gasteiger partial charge is 0.370 e. The van der Waals surface area contributed by atoms with E-state index in [1.165, 1.54) is 0 Å². The zero-order chi connectivity index (χ0) is 15.7. The Hall–Kier alpha value is -1.36. The standard InChI is InChI=1S/C16H17Cl2N3O/c1-10-11(2)19-9-20-16(10)21-5-6-22-15(8-21)12-3-4-13(17)14(18)7-12/h3-4,7,9,15H,5-6,8H2,1-2H3. The Morgan fingerprint density at radius 2 is 2.00 bits per heavy atom. The van der Waals surface area contributed by atoms with Gasteiger partial charge in [0.25, 0.3) is 0 Å². The highest BCUT2D eigenvalue weighted by Crippen LogP contribution is 2.31. The van der Waals surface area contributed by atoms with Crippen molar-refractivity contribution in [2.24, 2.45) is 0 Å². The molecule has 1 aromatic carbocycles. The molecular formula is C16H17Cl2N3O. The number of aromatic nitrogens is 2. The maximum absolute atomic E-state index is 6.11. The third kappa shape index (κ3) is 3.05. The van der Waals surface area contributed by atoms with Crippen LogP contribution in [0.3, 0.4) is 0 Å². The number of morpholine rings is 1. The first-order chi connectivity index (χ1) is 10.6. The molecule has 0 radical (unpaired) electrons. The summed E-state index contributed by atoms with van der Waals surface area (Å²) in [5.74, 6) is 0.973. The summed E-state index contributed by atoms with van der Waals surface area (Å²) in [6.45, 7) is 6.24. The van der Waals surface area contributed by atoms with E-state index < -0.39 is 0 Å². The lowest BCUT2D eigenvalue weighted by molar-refractivity contribution is 0.0395. The zero-order valence-corrected chi connectivity index (χ0v) is 14.0. The van der Waals surface area contributed by atoms with Crippen LogP contribution < -0.4 is 4.90 Å². The van der Waals surface area contributed by atoms with Gasteiger partial charge in [-0.3, -0.25) is 0 Å². The van der Waals surface area contributed by atoms with E-state index in [0.29, 0.717) is 16.7 Å². The van der Waals surface area contributed by atoms with E-state index in [1.807, 2.05) is 32.0 Å². The summed E-state index contributed by atoms with van der Waals surface area (Å²) in [4.78, 5) is 10.9. The molecule has 1 aliphatic rings. The molecule has 2 aromatic rings. The van der Waals surface area contributed by atoms with Gasteiger partial charge in [0.2, 0.25) is 0 Å². The minimum absolute atomic E-state index is 0.0433. The van der Waals surface area contributed by atoms with Crippen LogP contribution in [0.1, 0.15) is 22.9 Å². The molecule has 0 bridgehead atoms. The van der Waals surface area contributed by atoms with Gasteiger partial charge in [0.15, 0.2) is 0 Å². The van der Waals surface area contributed by atoms with Gasteiger partial charge in [-0.2, -0.15) is 0 Å². The second kappa shape index (κ2) is 6.41. The van der Waals surface area contributed by atoms with Crippen molar-refractivity contribution in [1.29, 1.82) is 0 Å². The van der Waals surface area contributed by atoms with Crippen molar-refractivity contribution >= 4 is 29.0 Å². The molecule has 0 saturated carbocycles. The summed E-state index contributed by atoms with van der Waals surface area (Å²) in [5, 5.41) is 1.11. The number of benzene rings is 1. The minimum atomic E-state index is -0.0433. The first kappa shape index (κ1) is 15.5. The number of ether oxygens (including phenoxy) is 1. The number of aryl methyl sites for hydroxylation is 1. The van der Waals surface area contributed by atoms with E-state index in [-0.39, 0.29) is 6.10 Å². The van der Waals surface area contributed by atoms with Crippen molar-refractivity contribution in [3.05, 3.63) is 51.4 Å². The molecule has 1 atom stereocenters. The lowest BCUT2D eigenvalue weighted by Crippen LogP contribution is -2.39. The number of anilines is 1. The van der Waals surface area contributed by atoms with E-state index in [4.69, 9.17) is 27.9 Å². The summed E-state index contributed by atoms with van der Waals surface area (Å²) >= 11 is 12.1. The second-order valence-corrected chi connectivity index (χ2v) is 6.20. The molecule has 0 N–H and O–H groups in total. The van der Waals surface area contributed by atoms with Crippen LogP contribution in [0, 0.1) is 13.8 Å². The van der Waals surface area contributed by atoms with Crippen molar-refractivity contribution in [1.82, 2.24) is 9.97 Å². The number of hydrogen-bond donors (Lipinski definition) is 0. The van der Waals surface area contributed by atoms with E-state index in [1.54, 1.807) is 6.33 Å². The quantitative estimate of drug-likeness (QED) is 0.830. The van der Waals surface area contributed by atoms with E-state index >= 15 is 0 Å². The summed E-state index contributed by atoms with van der Waals surface area (Å²) in [6.07, 6.45) is 1.57. The van der Waals surface area contributed by atoms with Gasteiger partial charge >= 0.3 is 0 Å². The summed E-state index contributed by atoms with van der Waals surface area (Å²) < 4.78 is 5.89. The average molecular weight is 338 g/mol. The first-order valence-electron chi connectivity index (χ1n) is 7.16. The van der Waals surface area contributed by atoms with Crippen molar-refractivity contribution in [2.75, 3.05) is 24.6 Å². The fourth-order valence-corrected chi connectivity index (χ4v) is 2.91. The number of rotatable bonds is 2. The van der Waals surface area contributed by atoms with Crippen LogP contribution >= 0.6 is 23.2 Å². The van der Waals surface area contributed by atoms with Gasteiger partial charge in [-0.15, -0.1) is 0 Å². The molecule has 1 fully saturated rings. The highest BCUT2D eigenvalue weighted by Gasteiger charge is 2.24. The third-order valence-electron chi connectivity index (χ3n) is 3.99. The van der Waals surface area contributed by atoms with Crippen LogP contribution in [0.4, 0.5) is 5.82 Å². The molecule has 1 aliphatic heterocycles. The van der Waals surface area contributed by atoms with Crippen LogP contribution in [-0.4, -0.2) is 29.7 Å². The van der Waals surface area contributed by atoms with Crippen molar-refractivity contribution in [3.63, 3.8) is 0 Å². The summed E-state index contributed by atoms with van der Waals surface area (Å²) in [7, 11) is 0. The Morgan fingerprint density at radius 1 is 1.18 bits per heavy atom. The smallest absolute Gasteiger partial charge is 0.135 e. The lowest BCUT2D eigenvalue weighted by Gasteiger charge is -2.34. The van der Waals surface area contributed by atoms with Gasteiger partial charge in [-0.05, 0) is 31.5 Å². The second-order valence-electron chi connectivity index (χ2n) is 5.39. The molecular weight excluding hydrogens is 321 g/mol. The predicted octanol–water partition coefficient (Wildman–Crippen LogP) is 3.98. The molecule has 1 saturated heterocycles. The fraction of sp³-hybridized carbons (Fsp3) is 0.375. The van der Waals surface area contributed by atoms with Gasteiger partial charge in [0.1, 0.15) is 18.2 Å². The molecule has 4 nitrogen and oxygen atoms in total. The van der Waals surface area contributed by atoms with Gasteiger partial charge in [-0.1, -0.05) is 29.3 Å². The molecule has 1 unspecified atom stereocenters.